The number of hydrogen-bond donors (Lipinski definition) is 0. The molecule has 184 valence electrons. The number of benzene rings is 4. The highest BCUT2D eigenvalue weighted by Crippen LogP contribution is 2.67. The first-order valence-corrected chi connectivity index (χ1v) is 15.2. The summed E-state index contributed by atoms with van der Waals surface area (Å²) in [6.07, 6.45) is 2.48. The van der Waals surface area contributed by atoms with Crippen LogP contribution in [0.1, 0.15) is 75.4 Å². The molecule has 0 radical (unpaired) electrons. The lowest BCUT2D eigenvalue weighted by molar-refractivity contribution is 0.331. The van der Waals surface area contributed by atoms with Crippen molar-refractivity contribution in [2.24, 2.45) is 0 Å². The third-order valence-electron chi connectivity index (χ3n) is 8.76. The molecule has 5 rings (SSSR count). The molecule has 4 aromatic carbocycles. The molecule has 0 nitrogen and oxygen atoms in total. The maximum atomic E-state index is 2.61. The van der Waals surface area contributed by atoms with Gasteiger partial charge in [0.2, 0.25) is 0 Å². The van der Waals surface area contributed by atoms with Crippen molar-refractivity contribution in [3.63, 3.8) is 0 Å². The highest BCUT2D eigenvalue weighted by atomic mass is 31.2. The smallest absolute Gasteiger partial charge is 0.0620 e. The predicted octanol–water partition coefficient (Wildman–Crippen LogP) is 8.40. The van der Waals surface area contributed by atoms with E-state index in [4.69, 9.17) is 0 Å². The van der Waals surface area contributed by atoms with Gasteiger partial charge in [-0.2, -0.15) is 0 Å². The lowest BCUT2D eigenvalue weighted by Gasteiger charge is -2.43. The van der Waals surface area contributed by atoms with Gasteiger partial charge in [0, 0.05) is 0 Å². The third kappa shape index (κ3) is 4.05. The van der Waals surface area contributed by atoms with Crippen LogP contribution in [-0.4, -0.2) is 0 Å². The van der Waals surface area contributed by atoms with E-state index in [0.29, 0.717) is 5.66 Å². The topological polar surface area (TPSA) is 0 Å². The summed E-state index contributed by atoms with van der Waals surface area (Å²) in [4.78, 5) is 0. The second-order valence-corrected chi connectivity index (χ2v) is 15.7. The van der Waals surface area contributed by atoms with Crippen LogP contribution >= 0.6 is 7.26 Å². The van der Waals surface area contributed by atoms with Crippen molar-refractivity contribution >= 4 is 23.2 Å². The van der Waals surface area contributed by atoms with Crippen molar-refractivity contribution in [3.8, 4) is 0 Å². The molecule has 1 atom stereocenters. The lowest BCUT2D eigenvalue weighted by atomic mass is 9.62. The zero-order valence-corrected chi connectivity index (χ0v) is 23.6. The van der Waals surface area contributed by atoms with Crippen molar-refractivity contribution < 1.29 is 0 Å². The highest BCUT2D eigenvalue weighted by molar-refractivity contribution is 7.95. The van der Waals surface area contributed by atoms with Crippen molar-refractivity contribution in [3.05, 3.63) is 125 Å². The summed E-state index contributed by atoms with van der Waals surface area (Å²) in [6, 6.07) is 39.1. The Morgan fingerprint density at radius 3 is 1.33 bits per heavy atom. The summed E-state index contributed by atoms with van der Waals surface area (Å²) >= 11 is 0. The summed E-state index contributed by atoms with van der Waals surface area (Å²) in [5, 5.41) is 4.35. The maximum Gasteiger partial charge on any atom is 0.119 e. The molecule has 0 aliphatic heterocycles. The summed E-state index contributed by atoms with van der Waals surface area (Å²) in [7, 11) is -2.00. The standard InChI is InChI=1S/C35H40P/c1-26-24-32-33(35(5,6)23-22-34(32,3)4)25-31(26)27(2)36(28-16-10-7-11-17-28,29-18-12-8-13-19-29)30-20-14-9-15-21-30/h7-21,24-25,27H,22-23H2,1-6H3/q+1. The fourth-order valence-corrected chi connectivity index (χ4v) is 11.4. The van der Waals surface area contributed by atoms with E-state index in [1.165, 1.54) is 39.9 Å². The molecule has 1 unspecified atom stereocenters. The monoisotopic (exact) mass is 491 g/mol. The zero-order valence-electron chi connectivity index (χ0n) is 22.8. The maximum absolute atomic E-state index is 2.61. The highest BCUT2D eigenvalue weighted by Gasteiger charge is 2.51. The van der Waals surface area contributed by atoms with E-state index < -0.39 is 7.26 Å². The molecule has 1 heteroatoms. The van der Waals surface area contributed by atoms with Gasteiger partial charge in [0.25, 0.3) is 0 Å². The molecular formula is C35H40P+. The second-order valence-electron chi connectivity index (χ2n) is 11.9. The fraction of sp³-hybridized carbons (Fsp3) is 0.314. The average Bonchev–Trinajstić information content (AvgIpc) is 2.89. The Morgan fingerprint density at radius 1 is 0.583 bits per heavy atom. The van der Waals surface area contributed by atoms with Crippen LogP contribution in [-0.2, 0) is 10.8 Å². The van der Waals surface area contributed by atoms with Gasteiger partial charge in [-0.25, -0.2) is 0 Å². The Morgan fingerprint density at radius 2 is 0.944 bits per heavy atom. The van der Waals surface area contributed by atoms with Gasteiger partial charge < -0.3 is 0 Å². The van der Waals surface area contributed by atoms with Crippen LogP contribution in [0.3, 0.4) is 0 Å². The molecule has 0 heterocycles. The van der Waals surface area contributed by atoms with Gasteiger partial charge >= 0.3 is 0 Å². The lowest BCUT2D eigenvalue weighted by Crippen LogP contribution is -2.36. The summed E-state index contributed by atoms with van der Waals surface area (Å²) in [5.41, 5.74) is 6.80. The SMILES string of the molecule is Cc1cc2c(cc1C(C)[P+](c1ccccc1)(c1ccccc1)c1ccccc1)C(C)(C)CCC2(C)C. The molecule has 0 bridgehead atoms. The minimum atomic E-state index is -2.00. The third-order valence-corrected chi connectivity index (χ3v) is 13.5. The summed E-state index contributed by atoms with van der Waals surface area (Å²) < 4.78 is 0. The molecule has 0 saturated heterocycles. The predicted molar refractivity (Wildman–Crippen MR) is 160 cm³/mol. The first kappa shape index (κ1) is 25.0. The quantitative estimate of drug-likeness (QED) is 0.246. The van der Waals surface area contributed by atoms with Crippen molar-refractivity contribution in [1.29, 1.82) is 0 Å². The van der Waals surface area contributed by atoms with Gasteiger partial charge in [-0.3, -0.25) is 0 Å². The van der Waals surface area contributed by atoms with E-state index in [0.717, 1.165) is 0 Å². The van der Waals surface area contributed by atoms with E-state index in [1.54, 1.807) is 11.1 Å². The molecule has 0 spiro atoms. The molecule has 0 amide bonds. The summed E-state index contributed by atoms with van der Waals surface area (Å²) in [6.45, 7) is 14.6. The van der Waals surface area contributed by atoms with Crippen LogP contribution in [0.4, 0.5) is 0 Å². The number of hydrogen-bond acceptors (Lipinski definition) is 0. The molecule has 1 aliphatic carbocycles. The Bertz CT molecular complexity index is 1240. The summed E-state index contributed by atoms with van der Waals surface area (Å²) in [5.74, 6) is 0. The fourth-order valence-electron chi connectivity index (χ4n) is 6.51. The van der Waals surface area contributed by atoms with Gasteiger partial charge in [0.15, 0.2) is 0 Å². The molecule has 36 heavy (non-hydrogen) atoms. The first-order chi connectivity index (χ1) is 17.2. The van der Waals surface area contributed by atoms with E-state index in [9.17, 15) is 0 Å². The Hall–Kier alpha value is -2.69. The van der Waals surface area contributed by atoms with Crippen molar-refractivity contribution in [1.82, 2.24) is 0 Å². The Labute approximate surface area is 219 Å². The van der Waals surface area contributed by atoms with Gasteiger partial charge in [0.05, 0.1) is 0 Å². The van der Waals surface area contributed by atoms with Crippen LogP contribution in [0, 0.1) is 6.92 Å². The van der Waals surface area contributed by atoms with Crippen molar-refractivity contribution in [2.45, 2.75) is 70.9 Å². The number of rotatable bonds is 5. The van der Waals surface area contributed by atoms with Gasteiger partial charge in [-0.05, 0) is 96.2 Å². The van der Waals surface area contributed by atoms with E-state index in [2.05, 4.69) is 145 Å². The van der Waals surface area contributed by atoms with Crippen LogP contribution < -0.4 is 15.9 Å². The van der Waals surface area contributed by atoms with E-state index in [-0.39, 0.29) is 10.8 Å². The minimum Gasteiger partial charge on any atom is -0.0620 e. The van der Waals surface area contributed by atoms with Crippen LogP contribution in [0.25, 0.3) is 0 Å². The first-order valence-electron chi connectivity index (χ1n) is 13.4. The zero-order chi connectivity index (χ0) is 25.6. The molecule has 1 aliphatic rings. The molecule has 0 aromatic heterocycles. The normalized spacial score (nSPS) is 17.3. The van der Waals surface area contributed by atoms with Gasteiger partial charge in [0.1, 0.15) is 28.8 Å². The molecular weight excluding hydrogens is 451 g/mol. The largest absolute Gasteiger partial charge is 0.119 e. The number of fused-ring (bicyclic) bond motifs is 1. The average molecular weight is 492 g/mol. The second kappa shape index (κ2) is 9.32. The van der Waals surface area contributed by atoms with Gasteiger partial charge in [-0.1, -0.05) is 94.4 Å². The molecule has 0 N–H and O–H groups in total. The van der Waals surface area contributed by atoms with Crippen LogP contribution in [0.2, 0.25) is 0 Å². The molecule has 4 aromatic rings. The minimum absolute atomic E-state index is 0.195. The Balaban J connectivity index is 1.83. The van der Waals surface area contributed by atoms with Gasteiger partial charge in [-0.15, -0.1) is 0 Å². The van der Waals surface area contributed by atoms with Crippen LogP contribution in [0.5, 0.6) is 0 Å². The van der Waals surface area contributed by atoms with Crippen LogP contribution in [0.15, 0.2) is 103 Å². The Kier molecular flexibility index (Phi) is 6.46. The molecule has 0 saturated carbocycles. The van der Waals surface area contributed by atoms with E-state index >= 15 is 0 Å². The molecule has 0 fully saturated rings. The van der Waals surface area contributed by atoms with Crippen molar-refractivity contribution in [2.75, 3.05) is 0 Å². The van der Waals surface area contributed by atoms with E-state index in [1.807, 2.05) is 0 Å². The number of aryl methyl sites for hydroxylation is 1.